The quantitative estimate of drug-likeness (QED) is 0.575. The number of anilines is 1. The van der Waals surface area contributed by atoms with Crippen molar-refractivity contribution in [2.24, 2.45) is 11.8 Å². The van der Waals surface area contributed by atoms with Crippen molar-refractivity contribution < 1.29 is 35.9 Å². The summed E-state index contributed by atoms with van der Waals surface area (Å²) in [6.07, 6.45) is -9.36. The van der Waals surface area contributed by atoms with Gasteiger partial charge in [0.15, 0.2) is 6.23 Å². The van der Waals surface area contributed by atoms with Gasteiger partial charge in [-0.05, 0) is 30.2 Å². The van der Waals surface area contributed by atoms with Crippen molar-refractivity contribution in [1.82, 2.24) is 10.3 Å². The molecule has 2 aliphatic heterocycles. The van der Waals surface area contributed by atoms with E-state index in [0.29, 0.717) is 25.3 Å². The van der Waals surface area contributed by atoms with Crippen molar-refractivity contribution in [3.05, 3.63) is 48.2 Å². The SMILES string of the molecule is O=C(OC1C2CNCC2CN1c1ccc(-c2cccc(C(F)(F)F)c2)nc1)C(F)(F)F. The fraction of sp³-hybridized carbons (Fsp3) is 0.400. The largest absolute Gasteiger partial charge is 0.491 e. The third-order valence-corrected chi connectivity index (χ3v) is 5.52. The van der Waals surface area contributed by atoms with Crippen molar-refractivity contribution in [2.75, 3.05) is 24.5 Å². The highest BCUT2D eigenvalue weighted by atomic mass is 19.4. The van der Waals surface area contributed by atoms with Crippen molar-refractivity contribution in [3.8, 4) is 11.3 Å². The summed E-state index contributed by atoms with van der Waals surface area (Å²) in [7, 11) is 0. The average molecular weight is 445 g/mol. The van der Waals surface area contributed by atoms with Crippen LogP contribution in [-0.4, -0.2) is 43.0 Å². The number of pyridine rings is 1. The number of esters is 1. The van der Waals surface area contributed by atoms with Gasteiger partial charge in [0.2, 0.25) is 0 Å². The van der Waals surface area contributed by atoms with Crippen LogP contribution in [0.25, 0.3) is 11.3 Å². The fourth-order valence-electron chi connectivity index (χ4n) is 4.04. The normalized spacial score (nSPS) is 23.7. The van der Waals surface area contributed by atoms with E-state index in [-0.39, 0.29) is 23.1 Å². The summed E-state index contributed by atoms with van der Waals surface area (Å²) >= 11 is 0. The number of hydrogen-bond donors (Lipinski definition) is 1. The van der Waals surface area contributed by atoms with Gasteiger partial charge in [0, 0.05) is 31.1 Å². The zero-order chi connectivity index (χ0) is 22.4. The molecule has 2 saturated heterocycles. The molecule has 166 valence electrons. The number of halogens is 6. The first-order valence-corrected chi connectivity index (χ1v) is 9.43. The van der Waals surface area contributed by atoms with Crippen LogP contribution in [0.4, 0.5) is 32.0 Å². The van der Waals surface area contributed by atoms with Gasteiger partial charge in [-0.2, -0.15) is 26.3 Å². The van der Waals surface area contributed by atoms with Gasteiger partial charge in [-0.25, -0.2) is 4.79 Å². The lowest BCUT2D eigenvalue weighted by molar-refractivity contribution is -0.206. The monoisotopic (exact) mass is 445 g/mol. The van der Waals surface area contributed by atoms with Gasteiger partial charge in [-0.15, -0.1) is 0 Å². The maximum atomic E-state index is 12.9. The average Bonchev–Trinajstić information content (AvgIpc) is 3.29. The Labute approximate surface area is 173 Å². The number of nitrogens with zero attached hydrogens (tertiary/aromatic N) is 2. The summed E-state index contributed by atoms with van der Waals surface area (Å²) in [5.41, 5.74) is 0.142. The summed E-state index contributed by atoms with van der Waals surface area (Å²) in [6, 6.07) is 7.72. The third-order valence-electron chi connectivity index (χ3n) is 5.52. The second kappa shape index (κ2) is 7.70. The number of alkyl halides is 6. The van der Waals surface area contributed by atoms with Gasteiger partial charge in [-0.3, -0.25) is 4.98 Å². The van der Waals surface area contributed by atoms with Gasteiger partial charge < -0.3 is 15.0 Å². The van der Waals surface area contributed by atoms with Crippen molar-refractivity contribution >= 4 is 11.7 Å². The van der Waals surface area contributed by atoms with Crippen LogP contribution in [0.5, 0.6) is 0 Å². The maximum Gasteiger partial charge on any atom is 0.491 e. The van der Waals surface area contributed by atoms with E-state index in [4.69, 9.17) is 4.74 Å². The molecule has 3 atom stereocenters. The molecule has 1 N–H and O–H groups in total. The first-order chi connectivity index (χ1) is 14.5. The minimum atomic E-state index is -5.11. The zero-order valence-electron chi connectivity index (χ0n) is 15.9. The van der Waals surface area contributed by atoms with Crippen LogP contribution < -0.4 is 10.2 Å². The molecule has 2 fully saturated rings. The Kier molecular flexibility index (Phi) is 5.32. The van der Waals surface area contributed by atoms with Crippen LogP contribution in [0, 0.1) is 11.8 Å². The van der Waals surface area contributed by atoms with Crippen molar-refractivity contribution in [2.45, 2.75) is 18.6 Å². The molecule has 11 heteroatoms. The molecule has 0 spiro atoms. The fourth-order valence-corrected chi connectivity index (χ4v) is 4.04. The van der Waals surface area contributed by atoms with E-state index in [1.165, 1.54) is 24.4 Å². The summed E-state index contributed by atoms with van der Waals surface area (Å²) in [6.45, 7) is 1.35. The molecule has 0 amide bonds. The molecule has 0 bridgehead atoms. The second-order valence-electron chi connectivity index (χ2n) is 7.51. The first-order valence-electron chi connectivity index (χ1n) is 9.43. The standard InChI is InChI=1S/C20H17F6N3O2/c21-19(22,23)13-3-1-2-11(6-13)16-5-4-14(8-28-16)29-10-12-7-27-9-15(12)17(29)31-18(30)20(24,25)26/h1-6,8,12,15,17,27H,7,9-10H2. The molecular weight excluding hydrogens is 428 g/mol. The molecule has 31 heavy (non-hydrogen) atoms. The van der Waals surface area contributed by atoms with E-state index in [2.05, 4.69) is 10.3 Å². The summed E-state index contributed by atoms with van der Waals surface area (Å²) in [5, 5.41) is 3.08. The summed E-state index contributed by atoms with van der Waals surface area (Å²) < 4.78 is 81.8. The number of aromatic nitrogens is 1. The van der Waals surface area contributed by atoms with E-state index >= 15 is 0 Å². The predicted molar refractivity (Wildman–Crippen MR) is 97.8 cm³/mol. The highest BCUT2D eigenvalue weighted by Crippen LogP contribution is 2.38. The molecule has 2 aromatic rings. The molecule has 0 aliphatic carbocycles. The van der Waals surface area contributed by atoms with Crippen LogP contribution in [0.2, 0.25) is 0 Å². The molecule has 2 aliphatic rings. The molecule has 4 rings (SSSR count). The molecule has 3 unspecified atom stereocenters. The number of fused-ring (bicyclic) bond motifs is 1. The lowest BCUT2D eigenvalue weighted by atomic mass is 9.99. The topological polar surface area (TPSA) is 54.5 Å². The van der Waals surface area contributed by atoms with Gasteiger partial charge in [0.1, 0.15) is 0 Å². The Morgan fingerprint density at radius 3 is 2.52 bits per heavy atom. The van der Waals surface area contributed by atoms with Crippen molar-refractivity contribution in [3.63, 3.8) is 0 Å². The minimum Gasteiger partial charge on any atom is -0.435 e. The molecule has 3 heterocycles. The van der Waals surface area contributed by atoms with Gasteiger partial charge >= 0.3 is 18.3 Å². The molecule has 5 nitrogen and oxygen atoms in total. The number of rotatable bonds is 3. The molecule has 0 radical (unpaired) electrons. The number of carbonyl (C=O) groups excluding carboxylic acids is 1. The van der Waals surface area contributed by atoms with Crippen LogP contribution in [0.1, 0.15) is 5.56 Å². The Bertz CT molecular complexity index is 961. The number of carbonyl (C=O) groups is 1. The van der Waals surface area contributed by atoms with Crippen LogP contribution in [-0.2, 0) is 15.7 Å². The van der Waals surface area contributed by atoms with Crippen LogP contribution >= 0.6 is 0 Å². The Morgan fingerprint density at radius 2 is 1.87 bits per heavy atom. The number of benzene rings is 1. The summed E-state index contributed by atoms with van der Waals surface area (Å²) in [5.74, 6) is -2.58. The Balaban J connectivity index is 1.58. The third kappa shape index (κ3) is 4.32. The van der Waals surface area contributed by atoms with Crippen LogP contribution in [0.3, 0.4) is 0 Å². The lowest BCUT2D eigenvalue weighted by Crippen LogP contribution is -2.42. The van der Waals surface area contributed by atoms with E-state index in [0.717, 1.165) is 12.1 Å². The molecule has 1 aromatic carbocycles. The summed E-state index contributed by atoms with van der Waals surface area (Å²) in [4.78, 5) is 17.2. The maximum absolute atomic E-state index is 12.9. The van der Waals surface area contributed by atoms with E-state index in [1.54, 1.807) is 11.0 Å². The van der Waals surface area contributed by atoms with E-state index < -0.39 is 30.1 Å². The van der Waals surface area contributed by atoms with Gasteiger partial charge in [-0.1, -0.05) is 12.1 Å². The predicted octanol–water partition coefficient (Wildman–Crippen LogP) is 3.85. The molecule has 1 aromatic heterocycles. The Hall–Kier alpha value is -2.82. The van der Waals surface area contributed by atoms with Crippen molar-refractivity contribution in [1.29, 1.82) is 0 Å². The van der Waals surface area contributed by atoms with E-state index in [9.17, 15) is 31.1 Å². The van der Waals surface area contributed by atoms with E-state index in [1.807, 2.05) is 0 Å². The lowest BCUT2D eigenvalue weighted by Gasteiger charge is -2.29. The molecular formula is C20H17F6N3O2. The number of nitrogens with one attached hydrogen (secondary N) is 1. The highest BCUT2D eigenvalue weighted by molar-refractivity contribution is 5.76. The first kappa shape index (κ1) is 21.4. The number of hydrogen-bond acceptors (Lipinski definition) is 5. The highest BCUT2D eigenvalue weighted by Gasteiger charge is 2.50. The van der Waals surface area contributed by atoms with Gasteiger partial charge in [0.25, 0.3) is 0 Å². The second-order valence-corrected chi connectivity index (χ2v) is 7.51. The van der Waals surface area contributed by atoms with Gasteiger partial charge in [0.05, 0.1) is 23.1 Å². The Morgan fingerprint density at radius 1 is 1.10 bits per heavy atom. The molecule has 0 saturated carbocycles. The smallest absolute Gasteiger partial charge is 0.435 e. The minimum absolute atomic E-state index is 0.00539. The number of ether oxygens (including phenoxy) is 1. The van der Waals surface area contributed by atoms with Crippen LogP contribution in [0.15, 0.2) is 42.6 Å². The zero-order valence-corrected chi connectivity index (χ0v) is 15.9.